The number of nitrogens with zero attached hydrogens (tertiary/aromatic N) is 1. The zero-order valence-electron chi connectivity index (χ0n) is 12.3. The molecule has 1 rings (SSSR count). The Kier molecular flexibility index (Phi) is 7.04. The van der Waals surface area contributed by atoms with Crippen LogP contribution in [0.25, 0.3) is 0 Å². The molecule has 0 bridgehead atoms. The number of benzene rings is 1. The summed E-state index contributed by atoms with van der Waals surface area (Å²) in [6, 6.07) is 5.39. The van der Waals surface area contributed by atoms with E-state index in [0.717, 1.165) is 24.9 Å². The molecule has 0 radical (unpaired) electrons. The Labute approximate surface area is 120 Å². The Morgan fingerprint density at radius 1 is 1.40 bits per heavy atom. The van der Waals surface area contributed by atoms with Crippen molar-refractivity contribution in [3.63, 3.8) is 0 Å². The van der Waals surface area contributed by atoms with Gasteiger partial charge in [0, 0.05) is 18.8 Å². The molecule has 0 heterocycles. The van der Waals surface area contributed by atoms with Gasteiger partial charge in [-0.3, -0.25) is 4.90 Å². The molecule has 0 amide bonds. The Balaban J connectivity index is 2.93. The fourth-order valence-corrected chi connectivity index (χ4v) is 2.14. The molecule has 0 unspecified atom stereocenters. The Morgan fingerprint density at radius 2 is 2.15 bits per heavy atom. The van der Waals surface area contributed by atoms with Gasteiger partial charge in [-0.15, -0.1) is 0 Å². The van der Waals surface area contributed by atoms with Crippen molar-refractivity contribution < 1.29 is 14.6 Å². The van der Waals surface area contributed by atoms with Crippen LogP contribution in [0.3, 0.4) is 0 Å². The van der Waals surface area contributed by atoms with Gasteiger partial charge in [-0.05, 0) is 24.6 Å². The summed E-state index contributed by atoms with van der Waals surface area (Å²) in [7, 11) is 1.35. The number of methoxy groups -OCH3 is 1. The van der Waals surface area contributed by atoms with Crippen LogP contribution in [-0.4, -0.2) is 42.8 Å². The summed E-state index contributed by atoms with van der Waals surface area (Å²) in [5.41, 5.74) is 7.56. The SMILES string of the molecule is CCCCN(CCO)Cc1cccc(N)c1C(=O)OC. The van der Waals surface area contributed by atoms with Gasteiger partial charge in [0.1, 0.15) is 0 Å². The number of unbranched alkanes of at least 4 members (excludes halogenated alkanes) is 1. The Hall–Kier alpha value is -1.59. The molecule has 0 fully saturated rings. The number of anilines is 1. The lowest BCUT2D eigenvalue weighted by Crippen LogP contribution is -2.28. The third kappa shape index (κ3) is 4.51. The molecule has 5 nitrogen and oxygen atoms in total. The normalized spacial score (nSPS) is 10.8. The predicted molar refractivity (Wildman–Crippen MR) is 79.5 cm³/mol. The second-order valence-corrected chi connectivity index (χ2v) is 4.73. The van der Waals surface area contributed by atoms with E-state index in [4.69, 9.17) is 15.6 Å². The molecular weight excluding hydrogens is 256 g/mol. The minimum Gasteiger partial charge on any atom is -0.465 e. The van der Waals surface area contributed by atoms with E-state index in [9.17, 15) is 4.79 Å². The number of hydrogen-bond acceptors (Lipinski definition) is 5. The molecule has 20 heavy (non-hydrogen) atoms. The molecule has 1 aromatic rings. The molecule has 0 atom stereocenters. The average Bonchev–Trinajstić information content (AvgIpc) is 2.44. The summed E-state index contributed by atoms with van der Waals surface area (Å²) in [6.07, 6.45) is 2.14. The zero-order chi connectivity index (χ0) is 15.0. The second kappa shape index (κ2) is 8.55. The molecule has 0 saturated carbocycles. The van der Waals surface area contributed by atoms with Crippen molar-refractivity contribution in [2.45, 2.75) is 26.3 Å². The third-order valence-corrected chi connectivity index (χ3v) is 3.21. The highest BCUT2D eigenvalue weighted by atomic mass is 16.5. The summed E-state index contributed by atoms with van der Waals surface area (Å²) in [5, 5.41) is 9.14. The van der Waals surface area contributed by atoms with E-state index < -0.39 is 5.97 Å². The quantitative estimate of drug-likeness (QED) is 0.559. The maximum Gasteiger partial charge on any atom is 0.340 e. The van der Waals surface area contributed by atoms with Crippen LogP contribution in [0, 0.1) is 0 Å². The number of aliphatic hydroxyl groups excluding tert-OH is 1. The molecule has 0 aromatic heterocycles. The number of carbonyl (C=O) groups is 1. The lowest BCUT2D eigenvalue weighted by molar-refractivity contribution is 0.0599. The average molecular weight is 280 g/mol. The van der Waals surface area contributed by atoms with Gasteiger partial charge in [-0.2, -0.15) is 0 Å². The van der Waals surface area contributed by atoms with Crippen LogP contribution in [0.1, 0.15) is 35.7 Å². The number of rotatable bonds is 8. The van der Waals surface area contributed by atoms with Gasteiger partial charge in [0.15, 0.2) is 0 Å². The van der Waals surface area contributed by atoms with E-state index in [0.29, 0.717) is 24.3 Å². The molecule has 0 spiro atoms. The van der Waals surface area contributed by atoms with Gasteiger partial charge >= 0.3 is 5.97 Å². The van der Waals surface area contributed by atoms with E-state index >= 15 is 0 Å². The minimum absolute atomic E-state index is 0.0968. The lowest BCUT2D eigenvalue weighted by atomic mass is 10.0. The molecule has 0 aliphatic heterocycles. The van der Waals surface area contributed by atoms with Gasteiger partial charge in [0.2, 0.25) is 0 Å². The standard InChI is InChI=1S/C15H24N2O3/c1-3-4-8-17(9-10-18)11-12-6-5-7-13(16)14(12)15(19)20-2/h5-7,18H,3-4,8-11,16H2,1-2H3. The monoisotopic (exact) mass is 280 g/mol. The highest BCUT2D eigenvalue weighted by molar-refractivity contribution is 5.96. The van der Waals surface area contributed by atoms with Crippen LogP contribution in [0.4, 0.5) is 5.69 Å². The van der Waals surface area contributed by atoms with Crippen molar-refractivity contribution >= 4 is 11.7 Å². The highest BCUT2D eigenvalue weighted by Crippen LogP contribution is 2.20. The first-order chi connectivity index (χ1) is 9.63. The van der Waals surface area contributed by atoms with E-state index in [1.54, 1.807) is 6.07 Å². The number of ether oxygens (including phenoxy) is 1. The number of hydrogen-bond donors (Lipinski definition) is 2. The molecule has 0 aliphatic rings. The van der Waals surface area contributed by atoms with Crippen LogP contribution in [0.5, 0.6) is 0 Å². The third-order valence-electron chi connectivity index (χ3n) is 3.21. The van der Waals surface area contributed by atoms with Crippen LogP contribution in [-0.2, 0) is 11.3 Å². The first-order valence-electron chi connectivity index (χ1n) is 6.92. The number of carbonyl (C=O) groups excluding carboxylic acids is 1. The summed E-state index contributed by atoms with van der Waals surface area (Å²) in [4.78, 5) is 14.0. The highest BCUT2D eigenvalue weighted by Gasteiger charge is 2.17. The number of nitrogens with two attached hydrogens (primary N) is 1. The lowest BCUT2D eigenvalue weighted by Gasteiger charge is -2.22. The minimum atomic E-state index is -0.419. The number of nitrogen functional groups attached to an aromatic ring is 1. The molecule has 1 aromatic carbocycles. The summed E-state index contributed by atoms with van der Waals surface area (Å²) >= 11 is 0. The fraction of sp³-hybridized carbons (Fsp3) is 0.533. The van der Waals surface area contributed by atoms with Crippen LogP contribution >= 0.6 is 0 Å². The molecular formula is C15H24N2O3. The van der Waals surface area contributed by atoms with Gasteiger partial charge in [0.05, 0.1) is 19.3 Å². The second-order valence-electron chi connectivity index (χ2n) is 4.73. The van der Waals surface area contributed by atoms with Crippen molar-refractivity contribution in [2.75, 3.05) is 32.5 Å². The van der Waals surface area contributed by atoms with E-state index in [1.807, 2.05) is 12.1 Å². The number of esters is 1. The smallest absolute Gasteiger partial charge is 0.340 e. The zero-order valence-corrected chi connectivity index (χ0v) is 12.3. The molecule has 3 N–H and O–H groups in total. The van der Waals surface area contributed by atoms with Gasteiger partial charge < -0.3 is 15.6 Å². The van der Waals surface area contributed by atoms with Crippen molar-refractivity contribution in [3.05, 3.63) is 29.3 Å². The maximum absolute atomic E-state index is 11.8. The largest absolute Gasteiger partial charge is 0.465 e. The fourth-order valence-electron chi connectivity index (χ4n) is 2.14. The first-order valence-corrected chi connectivity index (χ1v) is 6.92. The molecule has 0 saturated heterocycles. The van der Waals surface area contributed by atoms with Crippen LogP contribution in [0.15, 0.2) is 18.2 Å². The van der Waals surface area contributed by atoms with Crippen LogP contribution < -0.4 is 5.73 Å². The van der Waals surface area contributed by atoms with Gasteiger partial charge in [0.25, 0.3) is 0 Å². The summed E-state index contributed by atoms with van der Waals surface area (Å²) < 4.78 is 4.79. The molecule has 0 aliphatic carbocycles. The maximum atomic E-state index is 11.8. The van der Waals surface area contributed by atoms with Crippen molar-refractivity contribution in [1.82, 2.24) is 4.90 Å². The van der Waals surface area contributed by atoms with Gasteiger partial charge in [-0.25, -0.2) is 4.79 Å². The Bertz CT molecular complexity index is 435. The van der Waals surface area contributed by atoms with E-state index in [2.05, 4.69) is 11.8 Å². The predicted octanol–water partition coefficient (Wildman–Crippen LogP) is 1.65. The summed E-state index contributed by atoms with van der Waals surface area (Å²) in [5.74, 6) is -0.419. The van der Waals surface area contributed by atoms with E-state index in [1.165, 1.54) is 7.11 Å². The molecule has 5 heteroatoms. The van der Waals surface area contributed by atoms with E-state index in [-0.39, 0.29) is 6.61 Å². The van der Waals surface area contributed by atoms with Crippen molar-refractivity contribution in [1.29, 1.82) is 0 Å². The number of aliphatic hydroxyl groups is 1. The topological polar surface area (TPSA) is 75.8 Å². The summed E-state index contributed by atoms with van der Waals surface area (Å²) in [6.45, 7) is 4.26. The van der Waals surface area contributed by atoms with Crippen LogP contribution in [0.2, 0.25) is 0 Å². The Morgan fingerprint density at radius 3 is 2.75 bits per heavy atom. The van der Waals surface area contributed by atoms with Crippen molar-refractivity contribution in [3.8, 4) is 0 Å². The van der Waals surface area contributed by atoms with Crippen molar-refractivity contribution in [2.24, 2.45) is 0 Å². The molecule has 112 valence electrons. The first kappa shape index (κ1) is 16.5. The van der Waals surface area contributed by atoms with Gasteiger partial charge in [-0.1, -0.05) is 25.5 Å².